The third-order valence-electron chi connectivity index (χ3n) is 2.81. The van der Waals surface area contributed by atoms with E-state index >= 15 is 0 Å². The lowest BCUT2D eigenvalue weighted by atomic mass is 10.3. The summed E-state index contributed by atoms with van der Waals surface area (Å²) in [6.07, 6.45) is 4.61. The predicted molar refractivity (Wildman–Crippen MR) is 79.8 cm³/mol. The average molecular weight is 275 g/mol. The summed E-state index contributed by atoms with van der Waals surface area (Å²) in [5.74, 6) is 2.26. The molecule has 2 aromatic heterocycles. The van der Waals surface area contributed by atoms with Gasteiger partial charge < -0.3 is 20.4 Å². The number of hydrogen-bond donors (Lipinski definition) is 2. The number of nitrogens with two attached hydrogens (primary N) is 1. The summed E-state index contributed by atoms with van der Waals surface area (Å²) in [7, 11) is 1.98. The Balaban J connectivity index is 1.94. The van der Waals surface area contributed by atoms with Crippen molar-refractivity contribution in [2.45, 2.75) is 26.4 Å². The molecule has 0 spiro atoms. The van der Waals surface area contributed by atoms with Gasteiger partial charge in [0.2, 0.25) is 5.88 Å². The predicted octanol–water partition coefficient (Wildman–Crippen LogP) is 1.84. The molecule has 0 aliphatic rings. The normalized spacial score (nSPS) is 10.8. The maximum atomic E-state index is 5.83. The molecule has 0 aliphatic heterocycles. The Labute approximate surface area is 119 Å². The minimum absolute atomic E-state index is 0.0487. The quantitative estimate of drug-likeness (QED) is 0.841. The van der Waals surface area contributed by atoms with Crippen LogP contribution in [-0.2, 0) is 13.5 Å². The van der Waals surface area contributed by atoms with Crippen LogP contribution in [0.3, 0.4) is 0 Å². The van der Waals surface area contributed by atoms with E-state index in [2.05, 4.69) is 15.3 Å². The number of rotatable bonds is 6. The Bertz CT molecular complexity index is 564. The van der Waals surface area contributed by atoms with Gasteiger partial charge in [-0.3, -0.25) is 0 Å². The number of imidazole rings is 1. The molecule has 0 amide bonds. The van der Waals surface area contributed by atoms with Crippen LogP contribution in [0.15, 0.2) is 24.5 Å². The van der Waals surface area contributed by atoms with Crippen molar-refractivity contribution in [3.63, 3.8) is 0 Å². The van der Waals surface area contributed by atoms with Gasteiger partial charge in [0.25, 0.3) is 0 Å². The average Bonchev–Trinajstić information content (AvgIpc) is 2.79. The number of aryl methyl sites for hydroxylation is 1. The lowest BCUT2D eigenvalue weighted by Crippen LogP contribution is -2.12. The van der Waals surface area contributed by atoms with Gasteiger partial charge in [0.05, 0.1) is 11.8 Å². The Morgan fingerprint density at radius 1 is 1.40 bits per heavy atom. The molecule has 6 nitrogen and oxygen atoms in total. The SMILES string of the molecule is CC(C)Oc1nc(NCCc2nccn2C)ccc1N. The Morgan fingerprint density at radius 2 is 2.20 bits per heavy atom. The molecule has 0 saturated carbocycles. The van der Waals surface area contributed by atoms with Crippen molar-refractivity contribution < 1.29 is 4.74 Å². The van der Waals surface area contributed by atoms with E-state index in [1.165, 1.54) is 0 Å². The highest BCUT2D eigenvalue weighted by atomic mass is 16.5. The van der Waals surface area contributed by atoms with Crippen LogP contribution in [-0.4, -0.2) is 27.2 Å². The highest BCUT2D eigenvalue weighted by Crippen LogP contribution is 2.21. The van der Waals surface area contributed by atoms with Gasteiger partial charge in [-0.1, -0.05) is 0 Å². The molecular formula is C14H21N5O. The lowest BCUT2D eigenvalue weighted by molar-refractivity contribution is 0.234. The van der Waals surface area contributed by atoms with Crippen LogP contribution >= 0.6 is 0 Å². The van der Waals surface area contributed by atoms with Crippen LogP contribution in [0, 0.1) is 0 Å². The molecule has 108 valence electrons. The second kappa shape index (κ2) is 6.27. The molecule has 0 bridgehead atoms. The van der Waals surface area contributed by atoms with Gasteiger partial charge in [0, 0.05) is 32.4 Å². The first kappa shape index (κ1) is 14.2. The molecule has 6 heteroatoms. The molecule has 0 unspecified atom stereocenters. The van der Waals surface area contributed by atoms with Gasteiger partial charge in [-0.15, -0.1) is 0 Å². The van der Waals surface area contributed by atoms with Crippen LogP contribution in [0.5, 0.6) is 5.88 Å². The van der Waals surface area contributed by atoms with Crippen molar-refractivity contribution in [2.24, 2.45) is 7.05 Å². The standard InChI is InChI=1S/C14H21N5O/c1-10(2)20-14-11(15)4-5-12(18-14)16-7-6-13-17-8-9-19(13)3/h4-5,8-10H,6-7,15H2,1-3H3,(H,16,18). The Morgan fingerprint density at radius 3 is 2.85 bits per heavy atom. The number of aromatic nitrogens is 3. The molecule has 2 rings (SSSR count). The fourth-order valence-corrected chi connectivity index (χ4v) is 1.81. The van der Waals surface area contributed by atoms with Crippen molar-refractivity contribution in [1.29, 1.82) is 0 Å². The van der Waals surface area contributed by atoms with E-state index in [1.54, 1.807) is 12.3 Å². The molecular weight excluding hydrogens is 254 g/mol. The van der Waals surface area contributed by atoms with E-state index in [0.717, 1.165) is 24.6 Å². The van der Waals surface area contributed by atoms with Crippen LogP contribution in [0.4, 0.5) is 11.5 Å². The largest absolute Gasteiger partial charge is 0.473 e. The molecule has 2 aromatic rings. The second-order valence-electron chi connectivity index (χ2n) is 4.89. The highest BCUT2D eigenvalue weighted by molar-refractivity contribution is 5.53. The molecule has 0 fully saturated rings. The first-order valence-corrected chi connectivity index (χ1v) is 6.69. The minimum atomic E-state index is 0.0487. The number of nitrogens with zero attached hydrogens (tertiary/aromatic N) is 3. The maximum Gasteiger partial charge on any atom is 0.239 e. The maximum absolute atomic E-state index is 5.83. The molecule has 2 heterocycles. The zero-order chi connectivity index (χ0) is 14.5. The molecule has 0 saturated heterocycles. The van der Waals surface area contributed by atoms with Crippen molar-refractivity contribution in [3.05, 3.63) is 30.4 Å². The number of hydrogen-bond acceptors (Lipinski definition) is 5. The van der Waals surface area contributed by atoms with Crippen LogP contribution in [0.2, 0.25) is 0 Å². The van der Waals surface area contributed by atoms with Crippen molar-refractivity contribution in [2.75, 3.05) is 17.6 Å². The Hall–Kier alpha value is -2.24. The summed E-state index contributed by atoms with van der Waals surface area (Å²) < 4.78 is 7.57. The summed E-state index contributed by atoms with van der Waals surface area (Å²) in [5.41, 5.74) is 6.38. The Kier molecular flexibility index (Phi) is 4.45. The second-order valence-corrected chi connectivity index (χ2v) is 4.89. The van der Waals surface area contributed by atoms with Crippen LogP contribution < -0.4 is 15.8 Å². The number of ether oxygens (including phenoxy) is 1. The van der Waals surface area contributed by atoms with Gasteiger partial charge in [-0.25, -0.2) is 4.98 Å². The van der Waals surface area contributed by atoms with E-state index in [0.29, 0.717) is 11.6 Å². The zero-order valence-electron chi connectivity index (χ0n) is 12.1. The molecule has 3 N–H and O–H groups in total. The smallest absolute Gasteiger partial charge is 0.239 e. The molecule has 0 aromatic carbocycles. The van der Waals surface area contributed by atoms with Gasteiger partial charge >= 0.3 is 0 Å². The van der Waals surface area contributed by atoms with Crippen molar-refractivity contribution in [1.82, 2.24) is 14.5 Å². The van der Waals surface area contributed by atoms with E-state index in [4.69, 9.17) is 10.5 Å². The van der Waals surface area contributed by atoms with Crippen LogP contribution in [0.25, 0.3) is 0 Å². The summed E-state index contributed by atoms with van der Waals surface area (Å²) in [4.78, 5) is 8.64. The summed E-state index contributed by atoms with van der Waals surface area (Å²) in [6, 6.07) is 3.65. The third-order valence-corrected chi connectivity index (χ3v) is 2.81. The molecule has 20 heavy (non-hydrogen) atoms. The summed E-state index contributed by atoms with van der Waals surface area (Å²) >= 11 is 0. The number of anilines is 2. The van der Waals surface area contributed by atoms with E-state index < -0.39 is 0 Å². The highest BCUT2D eigenvalue weighted by Gasteiger charge is 2.06. The van der Waals surface area contributed by atoms with Gasteiger partial charge in [0.15, 0.2) is 0 Å². The monoisotopic (exact) mass is 275 g/mol. The van der Waals surface area contributed by atoms with Gasteiger partial charge in [0.1, 0.15) is 11.6 Å². The molecule has 0 radical (unpaired) electrons. The topological polar surface area (TPSA) is 78.0 Å². The van der Waals surface area contributed by atoms with Crippen LogP contribution in [0.1, 0.15) is 19.7 Å². The van der Waals surface area contributed by atoms with Crippen molar-refractivity contribution >= 4 is 11.5 Å². The number of nitrogen functional groups attached to an aromatic ring is 1. The van der Waals surface area contributed by atoms with Gasteiger partial charge in [-0.2, -0.15) is 4.98 Å². The zero-order valence-corrected chi connectivity index (χ0v) is 12.1. The van der Waals surface area contributed by atoms with E-state index in [9.17, 15) is 0 Å². The van der Waals surface area contributed by atoms with Crippen molar-refractivity contribution in [3.8, 4) is 5.88 Å². The first-order valence-electron chi connectivity index (χ1n) is 6.69. The minimum Gasteiger partial charge on any atom is -0.473 e. The fraction of sp³-hybridized carbons (Fsp3) is 0.429. The van der Waals surface area contributed by atoms with E-state index in [-0.39, 0.29) is 6.10 Å². The molecule has 0 atom stereocenters. The van der Waals surface area contributed by atoms with E-state index in [1.807, 2.05) is 37.7 Å². The first-order chi connectivity index (χ1) is 9.56. The summed E-state index contributed by atoms with van der Waals surface area (Å²) in [6.45, 7) is 4.65. The summed E-state index contributed by atoms with van der Waals surface area (Å²) in [5, 5.41) is 3.25. The van der Waals surface area contributed by atoms with Gasteiger partial charge in [-0.05, 0) is 26.0 Å². The fourth-order valence-electron chi connectivity index (χ4n) is 1.81. The lowest BCUT2D eigenvalue weighted by Gasteiger charge is -2.13. The number of nitrogens with one attached hydrogen (secondary N) is 1. The third kappa shape index (κ3) is 3.63. The number of pyridine rings is 1. The molecule has 0 aliphatic carbocycles.